The Bertz CT molecular complexity index is 1330. The first-order valence-electron chi connectivity index (χ1n) is 9.43. The van der Waals surface area contributed by atoms with Gasteiger partial charge in [-0.3, -0.25) is 10.1 Å². The summed E-state index contributed by atoms with van der Waals surface area (Å²) < 4.78 is 10.8. The fourth-order valence-corrected chi connectivity index (χ4v) is 3.43. The van der Waals surface area contributed by atoms with Gasteiger partial charge in [0, 0.05) is 17.7 Å². The second-order valence-electron chi connectivity index (χ2n) is 6.42. The van der Waals surface area contributed by atoms with Crippen molar-refractivity contribution in [2.24, 2.45) is 0 Å². The van der Waals surface area contributed by atoms with Crippen LogP contribution in [0.5, 0.6) is 0 Å². The van der Waals surface area contributed by atoms with Crippen LogP contribution in [-0.4, -0.2) is 33.4 Å². The highest BCUT2D eigenvalue weighted by atomic mass is 32.2. The lowest BCUT2D eigenvalue weighted by Gasteiger charge is -2.01. The van der Waals surface area contributed by atoms with Gasteiger partial charge in [0.1, 0.15) is 0 Å². The van der Waals surface area contributed by atoms with Crippen molar-refractivity contribution in [3.63, 3.8) is 0 Å². The van der Waals surface area contributed by atoms with E-state index in [4.69, 9.17) is 9.15 Å². The molecule has 0 aliphatic heterocycles. The highest BCUT2D eigenvalue weighted by Gasteiger charge is 2.12. The number of nitro groups is 1. The Hall–Kier alpha value is -4.16. The lowest BCUT2D eigenvalue weighted by atomic mass is 10.0. The molecule has 3 aromatic carbocycles. The van der Waals surface area contributed by atoms with Crippen molar-refractivity contribution >= 4 is 34.2 Å². The third kappa shape index (κ3) is 4.94. The van der Waals surface area contributed by atoms with Gasteiger partial charge < -0.3 is 9.15 Å². The zero-order valence-corrected chi connectivity index (χ0v) is 17.4. The van der Waals surface area contributed by atoms with Crippen LogP contribution in [0.1, 0.15) is 10.4 Å². The molecule has 0 aliphatic carbocycles. The molecule has 4 aromatic rings. The summed E-state index contributed by atoms with van der Waals surface area (Å²) >= 11 is 1.28. The minimum Gasteiger partial charge on any atom is -0.449 e. The number of non-ortho nitro benzene ring substituents is 1. The number of carbonyl (C=O) groups is 1. The van der Waals surface area contributed by atoms with Crippen molar-refractivity contribution in [2.75, 3.05) is 12.4 Å². The number of nitro benzene ring substituents is 1. The number of fused-ring (bicyclic) bond motifs is 1. The number of hydrogen-bond acceptors (Lipinski definition) is 8. The summed E-state index contributed by atoms with van der Waals surface area (Å²) in [5.74, 6) is 5.82. The van der Waals surface area contributed by atoms with Crippen LogP contribution < -0.4 is 0 Å². The second-order valence-corrected chi connectivity index (χ2v) is 7.35. The van der Waals surface area contributed by atoms with Gasteiger partial charge >= 0.3 is 5.97 Å². The third-order valence-corrected chi connectivity index (χ3v) is 5.11. The first-order chi connectivity index (χ1) is 15.6. The molecule has 32 heavy (non-hydrogen) atoms. The van der Waals surface area contributed by atoms with Gasteiger partial charge in [-0.2, -0.15) is 0 Å². The van der Waals surface area contributed by atoms with Gasteiger partial charge in [0.25, 0.3) is 10.9 Å². The average molecular weight is 445 g/mol. The molecule has 0 N–H and O–H groups in total. The molecule has 0 fully saturated rings. The van der Waals surface area contributed by atoms with Gasteiger partial charge in [0.2, 0.25) is 5.89 Å². The van der Waals surface area contributed by atoms with E-state index in [9.17, 15) is 14.9 Å². The highest BCUT2D eigenvalue weighted by molar-refractivity contribution is 7.99. The van der Waals surface area contributed by atoms with Crippen LogP contribution >= 0.6 is 11.8 Å². The average Bonchev–Trinajstić information content (AvgIpc) is 3.29. The van der Waals surface area contributed by atoms with Crippen LogP contribution in [0.25, 0.3) is 22.2 Å². The number of nitrogens with zero attached hydrogens (tertiary/aromatic N) is 3. The van der Waals surface area contributed by atoms with Crippen LogP contribution in [0.15, 0.2) is 76.4 Å². The highest BCUT2D eigenvalue weighted by Crippen LogP contribution is 2.29. The van der Waals surface area contributed by atoms with Crippen molar-refractivity contribution in [1.29, 1.82) is 0 Å². The Kier molecular flexibility index (Phi) is 6.43. The molecule has 0 unspecified atom stereocenters. The van der Waals surface area contributed by atoms with Crippen LogP contribution in [0.4, 0.5) is 5.69 Å². The van der Waals surface area contributed by atoms with Crippen molar-refractivity contribution in [3.8, 4) is 23.3 Å². The molecule has 1 aromatic heterocycles. The summed E-state index contributed by atoms with van der Waals surface area (Å²) in [5.41, 5.74) is 0.994. The van der Waals surface area contributed by atoms with E-state index in [2.05, 4.69) is 22.0 Å². The van der Waals surface area contributed by atoms with Gasteiger partial charge in [-0.05, 0) is 29.0 Å². The number of esters is 1. The number of thioether (sulfide) groups is 1. The molecule has 0 bridgehead atoms. The molecule has 1 heterocycles. The Balaban J connectivity index is 1.28. The molecular formula is C23H15N3O5S. The predicted molar refractivity (Wildman–Crippen MR) is 119 cm³/mol. The molecule has 158 valence electrons. The van der Waals surface area contributed by atoms with E-state index in [1.807, 2.05) is 42.5 Å². The van der Waals surface area contributed by atoms with E-state index in [1.54, 1.807) is 0 Å². The molecule has 0 saturated carbocycles. The predicted octanol–water partition coefficient (Wildman–Crippen LogP) is 4.75. The molecule has 0 aliphatic rings. The van der Waals surface area contributed by atoms with Crippen LogP contribution in [0, 0.1) is 22.0 Å². The Labute approximate surface area is 186 Å². The lowest BCUT2D eigenvalue weighted by Crippen LogP contribution is -2.05. The maximum Gasteiger partial charge on any atom is 0.339 e. The van der Waals surface area contributed by atoms with Crippen molar-refractivity contribution in [3.05, 3.63) is 82.4 Å². The van der Waals surface area contributed by atoms with Gasteiger partial charge in [-0.15, -0.1) is 10.2 Å². The zero-order valence-electron chi connectivity index (χ0n) is 16.6. The van der Waals surface area contributed by atoms with Crippen molar-refractivity contribution in [1.82, 2.24) is 10.2 Å². The Morgan fingerprint density at radius 3 is 2.62 bits per heavy atom. The quantitative estimate of drug-likeness (QED) is 0.138. The maximum atomic E-state index is 11.9. The first kappa shape index (κ1) is 21.1. The number of aromatic nitrogens is 2. The number of rotatable bonds is 6. The molecular weight excluding hydrogens is 430 g/mol. The van der Waals surface area contributed by atoms with Gasteiger partial charge in [-0.25, -0.2) is 4.79 Å². The molecule has 9 heteroatoms. The monoisotopic (exact) mass is 445 g/mol. The normalized spacial score (nSPS) is 10.4. The van der Waals surface area contributed by atoms with Crippen LogP contribution in [-0.2, 0) is 4.74 Å². The topological polar surface area (TPSA) is 108 Å². The second kappa shape index (κ2) is 9.76. The van der Waals surface area contributed by atoms with Crippen molar-refractivity contribution in [2.45, 2.75) is 5.22 Å². The van der Waals surface area contributed by atoms with Gasteiger partial charge in [0.15, 0.2) is 6.61 Å². The van der Waals surface area contributed by atoms with E-state index in [0.29, 0.717) is 16.9 Å². The maximum absolute atomic E-state index is 11.9. The SMILES string of the molecule is O=C(OCC#CCSc1nnc(-c2cccc3ccccc23)o1)c1ccc([N+](=O)[O-])cc1. The van der Waals surface area contributed by atoms with Crippen LogP contribution in [0.2, 0.25) is 0 Å². The minimum absolute atomic E-state index is 0.0944. The molecule has 0 atom stereocenters. The number of carbonyl (C=O) groups excluding carboxylic acids is 1. The van der Waals surface area contributed by atoms with Gasteiger partial charge in [-0.1, -0.05) is 60.0 Å². The largest absolute Gasteiger partial charge is 0.449 e. The summed E-state index contributed by atoms with van der Waals surface area (Å²) in [6.45, 7) is -0.0958. The number of benzene rings is 3. The van der Waals surface area contributed by atoms with E-state index in [1.165, 1.54) is 36.0 Å². The zero-order chi connectivity index (χ0) is 22.3. The summed E-state index contributed by atoms with van der Waals surface area (Å²) in [5, 5.41) is 21.3. The van der Waals surface area contributed by atoms with E-state index in [0.717, 1.165) is 16.3 Å². The standard InChI is InChI=1S/C23H15N3O5S/c27-22(17-10-12-18(13-11-17)26(28)29)30-14-3-4-15-32-23-25-24-21(31-23)20-9-5-7-16-6-1-2-8-19(16)20/h1-2,5-13H,14-15H2. The summed E-state index contributed by atoms with van der Waals surface area (Å²) in [7, 11) is 0. The summed E-state index contributed by atoms with van der Waals surface area (Å²) in [4.78, 5) is 22.0. The lowest BCUT2D eigenvalue weighted by molar-refractivity contribution is -0.384. The number of hydrogen-bond donors (Lipinski definition) is 0. The Morgan fingerprint density at radius 2 is 1.81 bits per heavy atom. The van der Waals surface area contributed by atoms with E-state index >= 15 is 0 Å². The third-order valence-electron chi connectivity index (χ3n) is 4.41. The summed E-state index contributed by atoms with van der Waals surface area (Å²) in [6.07, 6.45) is 0. The molecule has 0 spiro atoms. The molecule has 0 amide bonds. The smallest absolute Gasteiger partial charge is 0.339 e. The van der Waals surface area contributed by atoms with Crippen LogP contribution in [0.3, 0.4) is 0 Å². The number of ether oxygens (including phenoxy) is 1. The molecule has 0 radical (unpaired) electrons. The van der Waals surface area contributed by atoms with Crippen molar-refractivity contribution < 1.29 is 18.9 Å². The molecule has 8 nitrogen and oxygen atoms in total. The van der Waals surface area contributed by atoms with E-state index in [-0.39, 0.29) is 17.9 Å². The van der Waals surface area contributed by atoms with E-state index < -0.39 is 10.9 Å². The first-order valence-corrected chi connectivity index (χ1v) is 10.4. The minimum atomic E-state index is -0.599. The fraction of sp³-hybridized carbons (Fsp3) is 0.0870. The van der Waals surface area contributed by atoms with Gasteiger partial charge in [0.05, 0.1) is 16.2 Å². The fourth-order valence-electron chi connectivity index (χ4n) is 2.89. The molecule has 0 saturated heterocycles. The summed E-state index contributed by atoms with van der Waals surface area (Å²) in [6, 6.07) is 19.0. The molecule has 4 rings (SSSR count). The Morgan fingerprint density at radius 1 is 1.03 bits per heavy atom.